The second kappa shape index (κ2) is 8.91. The number of carbonyl (C=O) groups is 1. The van der Waals surface area contributed by atoms with Crippen molar-refractivity contribution in [1.82, 2.24) is 5.32 Å². The van der Waals surface area contributed by atoms with E-state index in [1.54, 1.807) is 12.1 Å². The number of aliphatic imine (C=N–C) groups is 1. The average Bonchev–Trinajstić information content (AvgIpc) is 3.26. The third-order valence-electron chi connectivity index (χ3n) is 4.62. The van der Waals surface area contributed by atoms with Gasteiger partial charge in [-0.2, -0.15) is 0 Å². The number of amides is 1. The van der Waals surface area contributed by atoms with Crippen LogP contribution < -0.4 is 20.1 Å². The lowest BCUT2D eigenvalue weighted by molar-refractivity contribution is 0.0975. The molecule has 2 aromatic rings. The smallest absolute Gasteiger partial charge is 0.257 e. The number of ether oxygens (including phenoxy) is 3. The lowest BCUT2D eigenvalue weighted by Crippen LogP contribution is -2.36. The summed E-state index contributed by atoms with van der Waals surface area (Å²) in [5.74, 6) is 0.801. The molecule has 29 heavy (non-hydrogen) atoms. The second-order valence-corrected chi connectivity index (χ2v) is 6.77. The minimum Gasteiger partial charge on any atom is -0.486 e. The van der Waals surface area contributed by atoms with E-state index in [2.05, 4.69) is 15.6 Å². The Morgan fingerprint density at radius 2 is 1.86 bits per heavy atom. The SMILES string of the molecule is O=C(NC(=NC[C@H]1CCCO1)Nc1ccc2c(c1)OCCO2)c1ccc(F)cc1. The predicted molar refractivity (Wildman–Crippen MR) is 106 cm³/mol. The van der Waals surface area contributed by atoms with Crippen LogP contribution in [0, 0.1) is 5.82 Å². The monoisotopic (exact) mass is 399 g/mol. The zero-order valence-corrected chi connectivity index (χ0v) is 15.8. The van der Waals surface area contributed by atoms with E-state index in [-0.39, 0.29) is 18.0 Å². The molecule has 1 amide bonds. The van der Waals surface area contributed by atoms with Gasteiger partial charge in [-0.25, -0.2) is 9.38 Å². The molecular weight excluding hydrogens is 377 g/mol. The van der Waals surface area contributed by atoms with E-state index in [1.165, 1.54) is 24.3 Å². The van der Waals surface area contributed by atoms with Crippen LogP contribution >= 0.6 is 0 Å². The minimum atomic E-state index is -0.400. The second-order valence-electron chi connectivity index (χ2n) is 6.77. The number of fused-ring (bicyclic) bond motifs is 1. The molecule has 8 heteroatoms. The van der Waals surface area contributed by atoms with E-state index >= 15 is 0 Å². The van der Waals surface area contributed by atoms with Gasteiger partial charge in [0, 0.05) is 23.9 Å². The van der Waals surface area contributed by atoms with Crippen molar-refractivity contribution in [3.63, 3.8) is 0 Å². The van der Waals surface area contributed by atoms with Crippen molar-refractivity contribution in [3.05, 3.63) is 53.8 Å². The highest BCUT2D eigenvalue weighted by Gasteiger charge is 2.17. The molecule has 0 saturated carbocycles. The maximum Gasteiger partial charge on any atom is 0.257 e. The van der Waals surface area contributed by atoms with Gasteiger partial charge in [0.2, 0.25) is 5.96 Å². The van der Waals surface area contributed by atoms with Crippen LogP contribution in [0.4, 0.5) is 10.1 Å². The molecule has 2 aromatic carbocycles. The molecule has 1 fully saturated rings. The summed E-state index contributed by atoms with van der Waals surface area (Å²) in [7, 11) is 0. The normalized spacial score (nSPS) is 18.4. The van der Waals surface area contributed by atoms with Gasteiger partial charge in [0.05, 0.1) is 12.6 Å². The fourth-order valence-electron chi connectivity index (χ4n) is 3.13. The van der Waals surface area contributed by atoms with Crippen molar-refractivity contribution in [1.29, 1.82) is 0 Å². The van der Waals surface area contributed by atoms with Crippen molar-refractivity contribution in [2.45, 2.75) is 18.9 Å². The first-order valence-electron chi connectivity index (χ1n) is 9.57. The van der Waals surface area contributed by atoms with Crippen LogP contribution in [0.3, 0.4) is 0 Å². The van der Waals surface area contributed by atoms with Gasteiger partial charge in [-0.3, -0.25) is 10.1 Å². The molecule has 0 spiro atoms. The summed E-state index contributed by atoms with van der Waals surface area (Å²) in [6.07, 6.45) is 1.98. The van der Waals surface area contributed by atoms with E-state index < -0.39 is 5.82 Å². The highest BCUT2D eigenvalue weighted by atomic mass is 19.1. The summed E-state index contributed by atoms with van der Waals surface area (Å²) >= 11 is 0. The van der Waals surface area contributed by atoms with Gasteiger partial charge in [0.1, 0.15) is 19.0 Å². The third-order valence-corrected chi connectivity index (χ3v) is 4.62. The zero-order chi connectivity index (χ0) is 20.1. The zero-order valence-electron chi connectivity index (χ0n) is 15.8. The number of nitrogens with zero attached hydrogens (tertiary/aromatic N) is 1. The first kappa shape index (κ1) is 19.2. The Morgan fingerprint density at radius 3 is 2.62 bits per heavy atom. The van der Waals surface area contributed by atoms with Gasteiger partial charge in [-0.05, 0) is 49.2 Å². The highest BCUT2D eigenvalue weighted by Crippen LogP contribution is 2.32. The number of halogens is 1. The number of hydrogen-bond donors (Lipinski definition) is 2. The number of hydrogen-bond acceptors (Lipinski definition) is 5. The Bertz CT molecular complexity index is 895. The van der Waals surface area contributed by atoms with Gasteiger partial charge < -0.3 is 19.5 Å². The lowest BCUT2D eigenvalue weighted by Gasteiger charge is -2.19. The molecule has 2 aliphatic heterocycles. The Labute approximate surface area is 167 Å². The van der Waals surface area contributed by atoms with E-state index in [4.69, 9.17) is 14.2 Å². The summed E-state index contributed by atoms with van der Waals surface area (Å²) < 4.78 is 29.9. The quantitative estimate of drug-likeness (QED) is 0.610. The maximum atomic E-state index is 13.1. The molecule has 0 aliphatic carbocycles. The Kier molecular flexibility index (Phi) is 5.90. The molecular formula is C21H22FN3O4. The van der Waals surface area contributed by atoms with Crippen LogP contribution in [-0.2, 0) is 4.74 Å². The standard InChI is InChI=1S/C21H22FN3O4/c22-15-5-3-14(4-6-15)20(26)25-21(23-13-17-2-1-9-27-17)24-16-7-8-18-19(12-16)29-11-10-28-18/h3-8,12,17H,1-2,9-11,13H2,(H2,23,24,25,26)/t17-/m1/s1. The van der Waals surface area contributed by atoms with Gasteiger partial charge in [0.25, 0.3) is 5.91 Å². The predicted octanol–water partition coefficient (Wildman–Crippen LogP) is 2.97. The fourth-order valence-corrected chi connectivity index (χ4v) is 3.13. The lowest BCUT2D eigenvalue weighted by atomic mass is 10.2. The van der Waals surface area contributed by atoms with Crippen LogP contribution in [0.25, 0.3) is 0 Å². The molecule has 1 atom stereocenters. The van der Waals surface area contributed by atoms with E-state index in [0.29, 0.717) is 42.5 Å². The van der Waals surface area contributed by atoms with Crippen molar-refractivity contribution < 1.29 is 23.4 Å². The molecule has 0 radical (unpaired) electrons. The third kappa shape index (κ3) is 5.03. The van der Waals surface area contributed by atoms with Gasteiger partial charge >= 0.3 is 0 Å². The van der Waals surface area contributed by atoms with Gasteiger partial charge in [0.15, 0.2) is 11.5 Å². The number of benzene rings is 2. The Morgan fingerprint density at radius 1 is 1.07 bits per heavy atom. The molecule has 0 bridgehead atoms. The molecule has 2 aliphatic rings. The van der Waals surface area contributed by atoms with Crippen LogP contribution in [0.15, 0.2) is 47.5 Å². The minimum absolute atomic E-state index is 0.0368. The number of rotatable bonds is 4. The molecule has 1 saturated heterocycles. The number of nitrogens with one attached hydrogen (secondary N) is 2. The topological polar surface area (TPSA) is 81.2 Å². The van der Waals surface area contributed by atoms with Crippen molar-refractivity contribution in [3.8, 4) is 11.5 Å². The molecule has 0 aromatic heterocycles. The van der Waals surface area contributed by atoms with Gasteiger partial charge in [-0.1, -0.05) is 0 Å². The molecule has 4 rings (SSSR count). The summed E-state index contributed by atoms with van der Waals surface area (Å²) in [6.45, 7) is 2.16. The maximum absolute atomic E-state index is 13.1. The molecule has 2 heterocycles. The van der Waals surface area contributed by atoms with E-state index in [1.807, 2.05) is 6.07 Å². The Balaban J connectivity index is 1.50. The largest absolute Gasteiger partial charge is 0.486 e. The molecule has 152 valence electrons. The molecule has 0 unspecified atom stereocenters. The average molecular weight is 399 g/mol. The van der Waals surface area contributed by atoms with Crippen LogP contribution in [0.2, 0.25) is 0 Å². The van der Waals surface area contributed by atoms with E-state index in [0.717, 1.165) is 19.4 Å². The summed E-state index contributed by atoms with van der Waals surface area (Å²) in [5, 5.41) is 5.87. The van der Waals surface area contributed by atoms with E-state index in [9.17, 15) is 9.18 Å². The van der Waals surface area contributed by atoms with Crippen LogP contribution in [0.5, 0.6) is 11.5 Å². The number of anilines is 1. The summed E-state index contributed by atoms with van der Waals surface area (Å²) in [6, 6.07) is 10.7. The Hall–Kier alpha value is -3.13. The van der Waals surface area contributed by atoms with Crippen LogP contribution in [-0.4, -0.2) is 44.3 Å². The molecule has 2 N–H and O–H groups in total. The fraction of sp³-hybridized carbons (Fsp3) is 0.333. The van der Waals surface area contributed by atoms with Crippen molar-refractivity contribution >= 4 is 17.6 Å². The highest BCUT2D eigenvalue weighted by molar-refractivity contribution is 6.10. The summed E-state index contributed by atoms with van der Waals surface area (Å²) in [4.78, 5) is 17.1. The summed E-state index contributed by atoms with van der Waals surface area (Å²) in [5.41, 5.74) is 1.03. The van der Waals surface area contributed by atoms with Crippen LogP contribution in [0.1, 0.15) is 23.2 Å². The van der Waals surface area contributed by atoms with Gasteiger partial charge in [-0.15, -0.1) is 0 Å². The first-order chi connectivity index (χ1) is 14.2. The van der Waals surface area contributed by atoms with Crippen molar-refractivity contribution in [2.75, 3.05) is 31.7 Å². The molecule has 7 nitrogen and oxygen atoms in total. The number of carbonyl (C=O) groups excluding carboxylic acids is 1. The van der Waals surface area contributed by atoms with Crippen molar-refractivity contribution in [2.24, 2.45) is 4.99 Å². The number of guanidine groups is 1. The first-order valence-corrected chi connectivity index (χ1v) is 9.57.